The highest BCUT2D eigenvalue weighted by atomic mass is 79.9. The minimum atomic E-state index is -0.538. The summed E-state index contributed by atoms with van der Waals surface area (Å²) in [6, 6.07) is 20.6. The van der Waals surface area contributed by atoms with Gasteiger partial charge in [-0.15, -0.1) is 0 Å². The largest absolute Gasteiger partial charge is 0.423 e. The predicted molar refractivity (Wildman–Crippen MR) is 138 cm³/mol. The fourth-order valence-corrected chi connectivity index (χ4v) is 4.42. The zero-order valence-corrected chi connectivity index (χ0v) is 20.9. The van der Waals surface area contributed by atoms with E-state index in [1.54, 1.807) is 60.7 Å². The minimum absolute atomic E-state index is 0.206. The van der Waals surface area contributed by atoms with Crippen LogP contribution in [0, 0.1) is 6.92 Å². The lowest BCUT2D eigenvalue weighted by Crippen LogP contribution is -2.36. The molecule has 7 nitrogen and oxygen atoms in total. The van der Waals surface area contributed by atoms with E-state index in [9.17, 15) is 19.2 Å². The summed E-state index contributed by atoms with van der Waals surface area (Å²) < 4.78 is 6.14. The van der Waals surface area contributed by atoms with E-state index in [1.807, 2.05) is 25.1 Å². The van der Waals surface area contributed by atoms with Gasteiger partial charge in [0.05, 0.1) is 10.5 Å². The van der Waals surface area contributed by atoms with E-state index in [1.165, 1.54) is 0 Å². The number of thioether (sulfide) groups is 1. The van der Waals surface area contributed by atoms with E-state index in [-0.39, 0.29) is 11.4 Å². The average Bonchev–Trinajstić information content (AvgIpc) is 3.09. The number of halogens is 1. The summed E-state index contributed by atoms with van der Waals surface area (Å²) in [6.45, 7) is 1.56. The third kappa shape index (κ3) is 6.26. The Balaban J connectivity index is 1.38. The van der Waals surface area contributed by atoms with Gasteiger partial charge in [-0.1, -0.05) is 51.8 Å². The van der Waals surface area contributed by atoms with Crippen molar-refractivity contribution in [1.29, 1.82) is 0 Å². The Morgan fingerprint density at radius 1 is 1.03 bits per heavy atom. The molecule has 35 heavy (non-hydrogen) atoms. The number of imide groups is 1. The highest BCUT2D eigenvalue weighted by Crippen LogP contribution is 2.32. The fraction of sp³-hybridized carbons (Fsp3) is 0.0769. The molecule has 1 N–H and O–H groups in total. The molecular formula is C26H19BrN2O5S. The smallest absolute Gasteiger partial charge is 0.343 e. The lowest BCUT2D eigenvalue weighted by atomic mass is 10.2. The van der Waals surface area contributed by atoms with Crippen LogP contribution in [0.15, 0.2) is 82.2 Å². The molecule has 0 unspecified atom stereocenters. The molecule has 0 radical (unpaired) electrons. The number of nitrogens with one attached hydrogen (secondary N) is 1. The van der Waals surface area contributed by atoms with Crippen molar-refractivity contribution < 1.29 is 23.9 Å². The third-order valence-corrected chi connectivity index (χ3v) is 6.36. The number of rotatable bonds is 6. The van der Waals surface area contributed by atoms with Crippen molar-refractivity contribution in [3.05, 3.63) is 98.9 Å². The first-order valence-electron chi connectivity index (χ1n) is 10.5. The van der Waals surface area contributed by atoms with Crippen molar-refractivity contribution in [2.24, 2.45) is 0 Å². The van der Waals surface area contributed by atoms with Crippen molar-refractivity contribution in [2.45, 2.75) is 6.92 Å². The number of anilines is 1. The molecule has 0 spiro atoms. The number of hydrogen-bond acceptors (Lipinski definition) is 6. The SMILES string of the molecule is Cc1ccc(NC(=O)CN2C(=O)S/C(=C\c3ccc(OC(=O)c4cccc(Br)c4)cc3)C2=O)cc1. The molecule has 0 bridgehead atoms. The standard InChI is InChI=1S/C26H19BrN2O5S/c1-16-5-9-20(10-6-16)28-23(30)15-29-24(31)22(35-26(29)33)13-17-7-11-21(12-8-17)34-25(32)18-3-2-4-19(27)14-18/h2-14H,15H2,1H3,(H,28,30)/b22-13-. The van der Waals surface area contributed by atoms with Gasteiger partial charge in [0.15, 0.2) is 0 Å². The summed E-state index contributed by atoms with van der Waals surface area (Å²) in [4.78, 5) is 50.8. The van der Waals surface area contributed by atoms with Gasteiger partial charge in [-0.25, -0.2) is 4.79 Å². The Morgan fingerprint density at radius 3 is 2.43 bits per heavy atom. The van der Waals surface area contributed by atoms with Gasteiger partial charge >= 0.3 is 5.97 Å². The van der Waals surface area contributed by atoms with Crippen LogP contribution in [0.1, 0.15) is 21.5 Å². The molecule has 1 fully saturated rings. The molecule has 3 amide bonds. The molecule has 0 aliphatic carbocycles. The molecule has 1 heterocycles. The number of carbonyl (C=O) groups excluding carboxylic acids is 4. The number of hydrogen-bond donors (Lipinski definition) is 1. The summed E-state index contributed by atoms with van der Waals surface area (Å²) in [6.07, 6.45) is 1.56. The molecule has 1 saturated heterocycles. The van der Waals surface area contributed by atoms with Crippen LogP contribution in [0.4, 0.5) is 10.5 Å². The molecule has 1 aliphatic rings. The first-order chi connectivity index (χ1) is 16.8. The zero-order chi connectivity index (χ0) is 24.9. The van der Waals surface area contributed by atoms with Crippen molar-refractivity contribution in [3.63, 3.8) is 0 Å². The van der Waals surface area contributed by atoms with Crippen LogP contribution in [0.25, 0.3) is 6.08 Å². The molecule has 176 valence electrons. The number of ether oxygens (including phenoxy) is 1. The van der Waals surface area contributed by atoms with Crippen LogP contribution in [0.2, 0.25) is 0 Å². The number of amides is 3. The first kappa shape index (κ1) is 24.4. The Labute approximate surface area is 214 Å². The molecular weight excluding hydrogens is 532 g/mol. The van der Waals surface area contributed by atoms with Gasteiger partial charge in [0, 0.05) is 10.2 Å². The Bertz CT molecular complexity index is 1340. The van der Waals surface area contributed by atoms with Crippen LogP contribution in [-0.4, -0.2) is 34.5 Å². The highest BCUT2D eigenvalue weighted by molar-refractivity contribution is 9.10. The van der Waals surface area contributed by atoms with Gasteiger partial charge in [-0.3, -0.25) is 19.3 Å². The Morgan fingerprint density at radius 2 is 1.74 bits per heavy atom. The summed E-state index contributed by atoms with van der Waals surface area (Å²) >= 11 is 4.09. The average molecular weight is 551 g/mol. The molecule has 3 aromatic rings. The second-order valence-corrected chi connectivity index (χ2v) is 9.56. The minimum Gasteiger partial charge on any atom is -0.423 e. The van der Waals surface area contributed by atoms with Crippen LogP contribution in [0.3, 0.4) is 0 Å². The van der Waals surface area contributed by atoms with Crippen LogP contribution < -0.4 is 10.1 Å². The highest BCUT2D eigenvalue weighted by Gasteiger charge is 2.36. The summed E-state index contributed by atoms with van der Waals surface area (Å²) in [7, 11) is 0. The van der Waals surface area contributed by atoms with E-state index < -0.39 is 23.0 Å². The lowest BCUT2D eigenvalue weighted by Gasteiger charge is -2.12. The van der Waals surface area contributed by atoms with Gasteiger partial charge in [-0.05, 0) is 72.8 Å². The van der Waals surface area contributed by atoms with Crippen molar-refractivity contribution in [3.8, 4) is 5.75 Å². The van der Waals surface area contributed by atoms with Gasteiger partial charge in [-0.2, -0.15) is 0 Å². The van der Waals surface area contributed by atoms with Crippen LogP contribution in [0.5, 0.6) is 5.75 Å². The second-order valence-electron chi connectivity index (χ2n) is 7.65. The van der Waals surface area contributed by atoms with E-state index in [0.717, 1.165) is 26.7 Å². The van der Waals surface area contributed by atoms with Crippen LogP contribution >= 0.6 is 27.7 Å². The molecule has 4 rings (SSSR count). The number of aryl methyl sites for hydroxylation is 1. The normalized spacial score (nSPS) is 14.3. The maximum atomic E-state index is 12.7. The third-order valence-electron chi connectivity index (χ3n) is 4.96. The lowest BCUT2D eigenvalue weighted by molar-refractivity contribution is -0.127. The maximum absolute atomic E-state index is 12.7. The van der Waals surface area contributed by atoms with Crippen molar-refractivity contribution in [1.82, 2.24) is 4.90 Å². The van der Waals surface area contributed by atoms with E-state index in [4.69, 9.17) is 4.74 Å². The first-order valence-corrected chi connectivity index (χ1v) is 12.1. The Hall–Kier alpha value is -3.69. The van der Waals surface area contributed by atoms with E-state index in [2.05, 4.69) is 21.2 Å². The summed E-state index contributed by atoms with van der Waals surface area (Å²) in [5, 5.41) is 2.17. The number of esters is 1. The van der Waals surface area contributed by atoms with Gasteiger partial charge in [0.1, 0.15) is 12.3 Å². The maximum Gasteiger partial charge on any atom is 0.343 e. The van der Waals surface area contributed by atoms with Gasteiger partial charge in [0.25, 0.3) is 11.1 Å². The summed E-state index contributed by atoms with van der Waals surface area (Å²) in [5.74, 6) is -1.16. The Kier molecular flexibility index (Phi) is 7.48. The second kappa shape index (κ2) is 10.7. The summed E-state index contributed by atoms with van der Waals surface area (Å²) in [5.41, 5.74) is 2.68. The molecule has 3 aromatic carbocycles. The molecule has 0 saturated carbocycles. The number of carbonyl (C=O) groups is 4. The van der Waals surface area contributed by atoms with E-state index in [0.29, 0.717) is 22.6 Å². The van der Waals surface area contributed by atoms with Crippen molar-refractivity contribution >= 4 is 62.5 Å². The molecule has 9 heteroatoms. The fourth-order valence-electron chi connectivity index (χ4n) is 3.18. The van der Waals surface area contributed by atoms with Crippen molar-refractivity contribution in [2.75, 3.05) is 11.9 Å². The predicted octanol–water partition coefficient (Wildman–Crippen LogP) is 5.65. The van der Waals surface area contributed by atoms with Gasteiger partial charge < -0.3 is 10.1 Å². The molecule has 0 aromatic heterocycles. The molecule has 1 aliphatic heterocycles. The zero-order valence-electron chi connectivity index (χ0n) is 18.5. The topological polar surface area (TPSA) is 92.8 Å². The van der Waals surface area contributed by atoms with Gasteiger partial charge in [0.2, 0.25) is 5.91 Å². The monoisotopic (exact) mass is 550 g/mol. The number of benzene rings is 3. The number of nitrogens with zero attached hydrogens (tertiary/aromatic N) is 1. The van der Waals surface area contributed by atoms with E-state index >= 15 is 0 Å². The van der Waals surface area contributed by atoms with Crippen LogP contribution in [-0.2, 0) is 9.59 Å². The molecule has 0 atom stereocenters. The quantitative estimate of drug-likeness (QED) is 0.242.